The summed E-state index contributed by atoms with van der Waals surface area (Å²) in [5.74, 6) is -1.69. The predicted octanol–water partition coefficient (Wildman–Crippen LogP) is 1.97. The van der Waals surface area contributed by atoms with E-state index in [0.29, 0.717) is 10.6 Å². The Hall–Kier alpha value is -3.06. The minimum absolute atomic E-state index is 0.0936. The number of rotatable bonds is 5. The largest absolute Gasteiger partial charge is 0.496 e. The molecule has 0 bridgehead atoms. The maximum atomic E-state index is 12.0. The Labute approximate surface area is 148 Å². The monoisotopic (exact) mass is 362 g/mol. The van der Waals surface area contributed by atoms with Crippen LogP contribution < -0.4 is 15.6 Å². The van der Waals surface area contributed by atoms with Crippen LogP contribution in [0.1, 0.15) is 20.7 Å². The lowest BCUT2D eigenvalue weighted by Crippen LogP contribution is -2.43. The molecule has 8 heteroatoms. The van der Waals surface area contributed by atoms with E-state index >= 15 is 0 Å². The molecule has 7 nitrogen and oxygen atoms in total. The van der Waals surface area contributed by atoms with Crippen LogP contribution in [0, 0.1) is 0 Å². The van der Waals surface area contributed by atoms with Gasteiger partial charge in [0.15, 0.2) is 6.61 Å². The van der Waals surface area contributed by atoms with Crippen LogP contribution in [0.25, 0.3) is 0 Å². The van der Waals surface area contributed by atoms with Crippen LogP contribution in [0.5, 0.6) is 5.75 Å². The van der Waals surface area contributed by atoms with E-state index in [1.54, 1.807) is 36.4 Å². The van der Waals surface area contributed by atoms with E-state index in [1.807, 2.05) is 0 Å². The number of carbonyl (C=O) groups is 3. The van der Waals surface area contributed by atoms with Crippen molar-refractivity contribution in [3.05, 3.63) is 64.7 Å². The maximum Gasteiger partial charge on any atom is 0.342 e. The third-order valence-electron chi connectivity index (χ3n) is 3.07. The summed E-state index contributed by atoms with van der Waals surface area (Å²) in [6.07, 6.45) is 0. The number of benzene rings is 2. The molecule has 25 heavy (non-hydrogen) atoms. The molecule has 0 atom stereocenters. The molecule has 0 aliphatic heterocycles. The highest BCUT2D eigenvalue weighted by molar-refractivity contribution is 6.31. The molecule has 0 unspecified atom stereocenters. The van der Waals surface area contributed by atoms with Gasteiger partial charge in [0.05, 0.1) is 7.11 Å². The van der Waals surface area contributed by atoms with Crippen molar-refractivity contribution >= 4 is 29.4 Å². The van der Waals surface area contributed by atoms with Crippen molar-refractivity contribution < 1.29 is 23.9 Å². The molecule has 0 aromatic heterocycles. The van der Waals surface area contributed by atoms with Crippen LogP contribution >= 0.6 is 11.6 Å². The second kappa shape index (κ2) is 8.70. The number of carbonyl (C=O) groups excluding carboxylic acids is 3. The number of hydrazine groups is 1. The molecule has 0 saturated heterocycles. The van der Waals surface area contributed by atoms with Crippen LogP contribution in [0.15, 0.2) is 48.5 Å². The van der Waals surface area contributed by atoms with Gasteiger partial charge in [-0.2, -0.15) is 0 Å². The molecule has 0 aliphatic carbocycles. The highest BCUT2D eigenvalue weighted by Crippen LogP contribution is 2.23. The summed E-state index contributed by atoms with van der Waals surface area (Å²) in [5.41, 5.74) is 4.84. The number of halogens is 1. The molecular formula is C17H15ClN2O5. The second-order valence-corrected chi connectivity index (χ2v) is 5.23. The van der Waals surface area contributed by atoms with E-state index in [0.717, 1.165) is 0 Å². The molecular weight excluding hydrogens is 348 g/mol. The summed E-state index contributed by atoms with van der Waals surface area (Å²) in [7, 11) is 1.39. The van der Waals surface area contributed by atoms with Crippen molar-refractivity contribution in [2.75, 3.05) is 13.7 Å². The molecule has 2 aromatic rings. The summed E-state index contributed by atoms with van der Waals surface area (Å²) >= 11 is 5.83. The zero-order valence-corrected chi connectivity index (χ0v) is 14.0. The van der Waals surface area contributed by atoms with E-state index in [4.69, 9.17) is 21.1 Å². The predicted molar refractivity (Wildman–Crippen MR) is 90.3 cm³/mol. The van der Waals surface area contributed by atoms with Crippen LogP contribution in [0.4, 0.5) is 0 Å². The van der Waals surface area contributed by atoms with Gasteiger partial charge in [-0.1, -0.05) is 29.8 Å². The lowest BCUT2D eigenvalue weighted by Gasteiger charge is -2.10. The number of esters is 1. The molecule has 0 radical (unpaired) electrons. The molecule has 0 saturated carbocycles. The van der Waals surface area contributed by atoms with Gasteiger partial charge in [0.1, 0.15) is 11.3 Å². The number of nitrogens with one attached hydrogen (secondary N) is 2. The van der Waals surface area contributed by atoms with Crippen molar-refractivity contribution in [1.29, 1.82) is 0 Å². The quantitative estimate of drug-likeness (QED) is 0.626. The van der Waals surface area contributed by atoms with Crippen molar-refractivity contribution in [1.82, 2.24) is 10.9 Å². The lowest BCUT2D eigenvalue weighted by molar-refractivity contribution is -0.125. The summed E-state index contributed by atoms with van der Waals surface area (Å²) in [6.45, 7) is -0.580. The first-order chi connectivity index (χ1) is 12.0. The fourth-order valence-corrected chi connectivity index (χ4v) is 2.04. The van der Waals surface area contributed by atoms with E-state index < -0.39 is 24.4 Å². The van der Waals surface area contributed by atoms with Crippen molar-refractivity contribution in [3.63, 3.8) is 0 Å². The lowest BCUT2D eigenvalue weighted by atomic mass is 10.2. The minimum atomic E-state index is -0.774. The van der Waals surface area contributed by atoms with Crippen LogP contribution in [0.3, 0.4) is 0 Å². The number of hydrogen-bond donors (Lipinski definition) is 2. The Bertz CT molecular complexity index is 780. The number of amides is 2. The zero-order valence-electron chi connectivity index (χ0n) is 13.2. The molecule has 2 amide bonds. The van der Waals surface area contributed by atoms with E-state index in [9.17, 15) is 14.4 Å². The average molecular weight is 363 g/mol. The molecule has 0 heterocycles. The first kappa shape index (κ1) is 18.3. The van der Waals surface area contributed by atoms with Gasteiger partial charge in [0.2, 0.25) is 0 Å². The third-order valence-corrected chi connectivity index (χ3v) is 3.30. The number of methoxy groups -OCH3 is 1. The highest BCUT2D eigenvalue weighted by atomic mass is 35.5. The van der Waals surface area contributed by atoms with Crippen molar-refractivity contribution in [2.24, 2.45) is 0 Å². The molecule has 2 aromatic carbocycles. The summed E-state index contributed by atoms with van der Waals surface area (Å²) in [6, 6.07) is 12.8. The van der Waals surface area contributed by atoms with Gasteiger partial charge < -0.3 is 9.47 Å². The Morgan fingerprint density at radius 2 is 1.76 bits per heavy atom. The molecule has 0 fully saturated rings. The fraction of sp³-hybridized carbons (Fsp3) is 0.118. The van der Waals surface area contributed by atoms with E-state index in [-0.39, 0.29) is 11.3 Å². The fourth-order valence-electron chi connectivity index (χ4n) is 1.87. The van der Waals surface area contributed by atoms with Crippen LogP contribution in [-0.2, 0) is 9.53 Å². The van der Waals surface area contributed by atoms with Crippen molar-refractivity contribution in [3.8, 4) is 5.75 Å². The third kappa shape index (κ3) is 5.22. The first-order valence-electron chi connectivity index (χ1n) is 7.16. The second-order valence-electron chi connectivity index (χ2n) is 4.79. The van der Waals surface area contributed by atoms with Gasteiger partial charge in [0.25, 0.3) is 11.8 Å². The Balaban J connectivity index is 1.85. The van der Waals surface area contributed by atoms with Gasteiger partial charge in [-0.05, 0) is 30.3 Å². The summed E-state index contributed by atoms with van der Waals surface area (Å²) in [4.78, 5) is 35.5. The summed E-state index contributed by atoms with van der Waals surface area (Å²) in [5, 5.41) is 0.326. The smallest absolute Gasteiger partial charge is 0.342 e. The minimum Gasteiger partial charge on any atom is -0.496 e. The standard InChI is InChI=1S/C17H15ClN2O5/c1-24-14-8-7-12(18)9-13(14)17(23)25-10-15(21)19-20-16(22)11-5-3-2-4-6-11/h2-9H,10H2,1H3,(H,19,21)(H,20,22). The molecule has 0 spiro atoms. The van der Waals surface area contributed by atoms with Gasteiger partial charge in [0, 0.05) is 10.6 Å². The van der Waals surface area contributed by atoms with Crippen molar-refractivity contribution in [2.45, 2.75) is 0 Å². The van der Waals surface area contributed by atoms with Crippen LogP contribution in [0.2, 0.25) is 5.02 Å². The zero-order chi connectivity index (χ0) is 18.2. The Morgan fingerprint density at radius 3 is 2.44 bits per heavy atom. The number of hydrogen-bond acceptors (Lipinski definition) is 5. The Morgan fingerprint density at radius 1 is 1.04 bits per heavy atom. The number of ether oxygens (including phenoxy) is 2. The average Bonchev–Trinajstić information content (AvgIpc) is 2.64. The molecule has 2 N–H and O–H groups in total. The normalized spacial score (nSPS) is 9.84. The van der Waals surface area contributed by atoms with Gasteiger partial charge in [-0.25, -0.2) is 4.79 Å². The highest BCUT2D eigenvalue weighted by Gasteiger charge is 2.16. The topological polar surface area (TPSA) is 93.7 Å². The van der Waals surface area contributed by atoms with Gasteiger partial charge in [-0.15, -0.1) is 0 Å². The first-order valence-corrected chi connectivity index (χ1v) is 7.54. The van der Waals surface area contributed by atoms with E-state index in [2.05, 4.69) is 10.9 Å². The molecule has 2 rings (SSSR count). The summed E-state index contributed by atoms with van der Waals surface area (Å²) < 4.78 is 9.92. The van der Waals surface area contributed by atoms with Gasteiger partial charge >= 0.3 is 5.97 Å². The maximum absolute atomic E-state index is 12.0. The van der Waals surface area contributed by atoms with E-state index in [1.165, 1.54) is 19.2 Å². The van der Waals surface area contributed by atoms with Gasteiger partial charge in [-0.3, -0.25) is 20.4 Å². The van der Waals surface area contributed by atoms with Crippen LogP contribution in [-0.4, -0.2) is 31.5 Å². The molecule has 130 valence electrons. The Kier molecular flexibility index (Phi) is 6.36. The SMILES string of the molecule is COc1ccc(Cl)cc1C(=O)OCC(=O)NNC(=O)c1ccccc1. The molecule has 0 aliphatic rings.